The van der Waals surface area contributed by atoms with Crippen LogP contribution >= 0.6 is 0 Å². The van der Waals surface area contributed by atoms with E-state index in [0.29, 0.717) is 49.9 Å². The first-order chi connectivity index (χ1) is 13.8. The Kier molecular flexibility index (Phi) is 7.32. The van der Waals surface area contributed by atoms with E-state index in [9.17, 15) is 13.2 Å². The maximum absolute atomic E-state index is 12.8. The molecule has 29 heavy (non-hydrogen) atoms. The van der Waals surface area contributed by atoms with Gasteiger partial charge >= 0.3 is 0 Å². The first-order valence-electron chi connectivity index (χ1n) is 10.5. The molecule has 2 aliphatic rings. The van der Waals surface area contributed by atoms with Crippen LogP contribution in [-0.2, 0) is 19.6 Å². The van der Waals surface area contributed by atoms with E-state index >= 15 is 0 Å². The SMILES string of the molecule is C[C@@H]1[C@@H](C)CCC[C@H]1N[C@@H](C)C(=O)Nc1cccc(S(=O)(=O)N2CCOCC2)c1. The lowest BCUT2D eigenvalue weighted by Gasteiger charge is -2.36. The molecule has 1 amide bonds. The second kappa shape index (κ2) is 9.55. The average molecular weight is 424 g/mol. The van der Waals surface area contributed by atoms with Gasteiger partial charge < -0.3 is 15.4 Å². The minimum atomic E-state index is -3.59. The van der Waals surface area contributed by atoms with Crippen LogP contribution in [0.3, 0.4) is 0 Å². The van der Waals surface area contributed by atoms with Crippen molar-refractivity contribution in [2.45, 2.75) is 57.0 Å². The Labute approximate surface area is 174 Å². The molecule has 0 spiro atoms. The van der Waals surface area contributed by atoms with Gasteiger partial charge in [-0.15, -0.1) is 0 Å². The molecule has 0 unspecified atom stereocenters. The minimum absolute atomic E-state index is 0.156. The molecule has 1 saturated carbocycles. The third-order valence-electron chi connectivity index (χ3n) is 6.27. The quantitative estimate of drug-likeness (QED) is 0.734. The van der Waals surface area contributed by atoms with Crippen molar-refractivity contribution in [1.82, 2.24) is 9.62 Å². The number of carbonyl (C=O) groups excluding carboxylic acids is 1. The summed E-state index contributed by atoms with van der Waals surface area (Å²) in [6.07, 6.45) is 3.50. The minimum Gasteiger partial charge on any atom is -0.379 e. The summed E-state index contributed by atoms with van der Waals surface area (Å²) in [6.45, 7) is 7.86. The Bertz CT molecular complexity index is 808. The van der Waals surface area contributed by atoms with Gasteiger partial charge in [0.25, 0.3) is 0 Å². The van der Waals surface area contributed by atoms with Crippen LogP contribution < -0.4 is 10.6 Å². The number of morpholine rings is 1. The number of benzene rings is 1. The van der Waals surface area contributed by atoms with E-state index in [1.165, 1.54) is 23.2 Å². The molecule has 3 rings (SSSR count). The van der Waals surface area contributed by atoms with Crippen molar-refractivity contribution in [3.05, 3.63) is 24.3 Å². The smallest absolute Gasteiger partial charge is 0.243 e. The van der Waals surface area contributed by atoms with E-state index in [1.54, 1.807) is 18.2 Å². The van der Waals surface area contributed by atoms with Crippen LogP contribution in [0, 0.1) is 11.8 Å². The zero-order valence-electron chi connectivity index (χ0n) is 17.6. The molecule has 2 N–H and O–H groups in total. The molecule has 0 aromatic heterocycles. The summed E-state index contributed by atoms with van der Waals surface area (Å²) in [5, 5.41) is 6.33. The number of ether oxygens (including phenoxy) is 1. The molecule has 1 saturated heterocycles. The van der Waals surface area contributed by atoms with E-state index in [0.717, 1.165) is 6.42 Å². The molecule has 8 heteroatoms. The third kappa shape index (κ3) is 5.36. The number of nitrogens with one attached hydrogen (secondary N) is 2. The fraction of sp³-hybridized carbons (Fsp3) is 0.667. The lowest BCUT2D eigenvalue weighted by Crippen LogP contribution is -2.49. The van der Waals surface area contributed by atoms with Crippen LogP contribution in [0.1, 0.15) is 40.0 Å². The molecule has 1 heterocycles. The lowest BCUT2D eigenvalue weighted by atomic mass is 9.78. The molecule has 1 aliphatic carbocycles. The number of hydrogen-bond acceptors (Lipinski definition) is 5. The molecule has 1 aliphatic heterocycles. The summed E-state index contributed by atoms with van der Waals surface area (Å²) < 4.78 is 32.3. The molecule has 2 fully saturated rings. The van der Waals surface area contributed by atoms with Crippen LogP contribution in [0.4, 0.5) is 5.69 Å². The number of amides is 1. The highest BCUT2D eigenvalue weighted by Gasteiger charge is 2.30. The monoisotopic (exact) mass is 423 g/mol. The van der Waals surface area contributed by atoms with Gasteiger partial charge in [0.2, 0.25) is 15.9 Å². The number of anilines is 1. The van der Waals surface area contributed by atoms with E-state index in [2.05, 4.69) is 24.5 Å². The lowest BCUT2D eigenvalue weighted by molar-refractivity contribution is -0.118. The maximum atomic E-state index is 12.8. The van der Waals surface area contributed by atoms with Crippen LogP contribution in [0.25, 0.3) is 0 Å². The van der Waals surface area contributed by atoms with Gasteiger partial charge in [0.1, 0.15) is 0 Å². The Hall–Kier alpha value is -1.48. The van der Waals surface area contributed by atoms with E-state index in [-0.39, 0.29) is 16.8 Å². The van der Waals surface area contributed by atoms with Crippen LogP contribution in [0.2, 0.25) is 0 Å². The standard InChI is InChI=1S/C21H33N3O4S/c1-15-6-4-9-20(16(15)2)22-17(3)21(25)23-18-7-5-8-19(14-18)29(26,27)24-10-12-28-13-11-24/h5,7-8,14-17,20,22H,4,6,9-13H2,1-3H3,(H,23,25)/t15-,16+,17-,20+/m0/s1. The van der Waals surface area contributed by atoms with E-state index < -0.39 is 10.0 Å². The normalized spacial score (nSPS) is 27.3. The highest BCUT2D eigenvalue weighted by molar-refractivity contribution is 7.89. The predicted octanol–water partition coefficient (Wildman–Crippen LogP) is 2.45. The van der Waals surface area contributed by atoms with Gasteiger partial charge in [-0.25, -0.2) is 8.42 Å². The number of rotatable bonds is 6. The molecule has 4 atom stereocenters. The molecule has 1 aromatic carbocycles. The Balaban J connectivity index is 1.64. The molecule has 1 aromatic rings. The van der Waals surface area contributed by atoms with E-state index in [4.69, 9.17) is 4.74 Å². The van der Waals surface area contributed by atoms with Gasteiger partial charge in [0, 0.05) is 24.8 Å². The first kappa shape index (κ1) is 22.2. The van der Waals surface area contributed by atoms with Gasteiger partial charge in [-0.05, 0) is 43.4 Å². The molecular formula is C21H33N3O4S. The van der Waals surface area contributed by atoms with Gasteiger partial charge in [-0.2, -0.15) is 4.31 Å². The summed E-state index contributed by atoms with van der Waals surface area (Å²) in [4.78, 5) is 12.9. The first-order valence-corrected chi connectivity index (χ1v) is 12.0. The van der Waals surface area contributed by atoms with Crippen molar-refractivity contribution in [1.29, 1.82) is 0 Å². The average Bonchev–Trinajstić information content (AvgIpc) is 2.72. The Morgan fingerprint density at radius 2 is 1.93 bits per heavy atom. The second-order valence-electron chi connectivity index (χ2n) is 8.30. The van der Waals surface area contributed by atoms with Gasteiger partial charge in [-0.3, -0.25) is 4.79 Å². The summed E-state index contributed by atoms with van der Waals surface area (Å²) in [6, 6.07) is 6.44. The summed E-state index contributed by atoms with van der Waals surface area (Å²) in [5.74, 6) is 1.02. The predicted molar refractivity (Wildman–Crippen MR) is 113 cm³/mol. The van der Waals surface area contributed by atoms with Crippen molar-refractivity contribution >= 4 is 21.6 Å². The molecule has 162 valence electrons. The summed E-state index contributed by atoms with van der Waals surface area (Å²) in [5.41, 5.74) is 0.489. The van der Waals surface area contributed by atoms with Crippen molar-refractivity contribution in [2.75, 3.05) is 31.6 Å². The third-order valence-corrected chi connectivity index (χ3v) is 8.17. The van der Waals surface area contributed by atoms with Crippen molar-refractivity contribution in [2.24, 2.45) is 11.8 Å². The zero-order valence-corrected chi connectivity index (χ0v) is 18.4. The van der Waals surface area contributed by atoms with Crippen LogP contribution in [-0.4, -0.2) is 57.0 Å². The molecular weight excluding hydrogens is 390 g/mol. The highest BCUT2D eigenvalue weighted by atomic mass is 32.2. The van der Waals surface area contributed by atoms with Crippen molar-refractivity contribution in [3.8, 4) is 0 Å². The van der Waals surface area contributed by atoms with Crippen LogP contribution in [0.5, 0.6) is 0 Å². The summed E-state index contributed by atoms with van der Waals surface area (Å²) >= 11 is 0. The topological polar surface area (TPSA) is 87.7 Å². The Morgan fingerprint density at radius 3 is 2.66 bits per heavy atom. The number of hydrogen-bond donors (Lipinski definition) is 2. The second-order valence-corrected chi connectivity index (χ2v) is 10.2. The summed E-state index contributed by atoms with van der Waals surface area (Å²) in [7, 11) is -3.59. The largest absolute Gasteiger partial charge is 0.379 e. The maximum Gasteiger partial charge on any atom is 0.243 e. The fourth-order valence-electron chi connectivity index (χ4n) is 4.13. The number of sulfonamides is 1. The molecule has 0 radical (unpaired) electrons. The van der Waals surface area contributed by atoms with Crippen molar-refractivity contribution in [3.63, 3.8) is 0 Å². The fourth-order valence-corrected chi connectivity index (χ4v) is 5.59. The highest BCUT2D eigenvalue weighted by Crippen LogP contribution is 2.29. The van der Waals surface area contributed by atoms with Gasteiger partial charge in [-0.1, -0.05) is 32.8 Å². The molecule has 0 bridgehead atoms. The number of nitrogens with zero attached hydrogens (tertiary/aromatic N) is 1. The van der Waals surface area contributed by atoms with Gasteiger partial charge in [0.05, 0.1) is 24.2 Å². The Morgan fingerprint density at radius 1 is 1.21 bits per heavy atom. The van der Waals surface area contributed by atoms with Crippen LogP contribution in [0.15, 0.2) is 29.2 Å². The zero-order chi connectivity index (χ0) is 21.0. The molecule has 7 nitrogen and oxygen atoms in total. The van der Waals surface area contributed by atoms with Gasteiger partial charge in [0.15, 0.2) is 0 Å². The number of carbonyl (C=O) groups is 1. The van der Waals surface area contributed by atoms with E-state index in [1.807, 2.05) is 6.92 Å². The van der Waals surface area contributed by atoms with Crippen molar-refractivity contribution < 1.29 is 17.9 Å².